The minimum absolute atomic E-state index is 0.0481. The maximum Gasteiger partial charge on any atom is 0.416 e. The SMILES string of the molecule is C=CC(=O)Cc1cc(C(F)(F)F)ccc1Nc1ncc2c(n1)N(C)C(=O)N(c1cc(OC)cc(OC)c1)C2. The topological polar surface area (TPSA) is 96.9 Å². The summed E-state index contributed by atoms with van der Waals surface area (Å²) in [6.45, 7) is 3.54. The van der Waals surface area contributed by atoms with Crippen molar-refractivity contribution in [3.63, 3.8) is 0 Å². The summed E-state index contributed by atoms with van der Waals surface area (Å²) < 4.78 is 50.4. The van der Waals surface area contributed by atoms with Gasteiger partial charge in [-0.2, -0.15) is 18.2 Å². The Morgan fingerprint density at radius 2 is 1.84 bits per heavy atom. The molecule has 0 saturated carbocycles. The summed E-state index contributed by atoms with van der Waals surface area (Å²) in [6.07, 6.45) is -2.30. The van der Waals surface area contributed by atoms with Crippen LogP contribution in [0.2, 0.25) is 0 Å². The second-order valence-corrected chi connectivity index (χ2v) is 8.38. The van der Waals surface area contributed by atoms with Gasteiger partial charge in [-0.3, -0.25) is 14.6 Å². The highest BCUT2D eigenvalue weighted by atomic mass is 19.4. The van der Waals surface area contributed by atoms with Crippen LogP contribution in [0.1, 0.15) is 16.7 Å². The van der Waals surface area contributed by atoms with Crippen molar-refractivity contribution in [2.24, 2.45) is 0 Å². The van der Waals surface area contributed by atoms with Gasteiger partial charge >= 0.3 is 12.2 Å². The monoisotopic (exact) mass is 527 g/mol. The first-order valence-corrected chi connectivity index (χ1v) is 11.3. The van der Waals surface area contributed by atoms with Gasteiger partial charge in [-0.05, 0) is 29.8 Å². The van der Waals surface area contributed by atoms with Crippen LogP contribution in [0.3, 0.4) is 0 Å². The molecular formula is C26H24F3N5O4. The normalized spacial score (nSPS) is 13.2. The summed E-state index contributed by atoms with van der Waals surface area (Å²) >= 11 is 0. The van der Waals surface area contributed by atoms with E-state index in [4.69, 9.17) is 9.47 Å². The molecule has 0 unspecified atom stereocenters. The Kier molecular flexibility index (Phi) is 7.24. The van der Waals surface area contributed by atoms with E-state index in [1.165, 1.54) is 36.3 Å². The number of carbonyl (C=O) groups excluding carboxylic acids is 2. The minimum Gasteiger partial charge on any atom is -0.497 e. The molecule has 38 heavy (non-hydrogen) atoms. The molecule has 9 nitrogen and oxygen atoms in total. The number of methoxy groups -OCH3 is 2. The summed E-state index contributed by atoms with van der Waals surface area (Å²) in [5.41, 5.74) is 0.624. The summed E-state index contributed by atoms with van der Waals surface area (Å²) in [4.78, 5) is 36.7. The van der Waals surface area contributed by atoms with E-state index in [2.05, 4.69) is 21.9 Å². The number of anilines is 4. The number of urea groups is 1. The number of aromatic nitrogens is 2. The Morgan fingerprint density at radius 3 is 2.45 bits per heavy atom. The Labute approximate surface area is 216 Å². The highest BCUT2D eigenvalue weighted by molar-refractivity contribution is 6.05. The van der Waals surface area contributed by atoms with Crippen LogP contribution in [0.15, 0.2) is 55.3 Å². The van der Waals surface area contributed by atoms with E-state index < -0.39 is 17.5 Å². The molecule has 12 heteroatoms. The summed E-state index contributed by atoms with van der Waals surface area (Å²) in [6, 6.07) is 7.74. The first-order valence-electron chi connectivity index (χ1n) is 11.3. The number of benzene rings is 2. The second-order valence-electron chi connectivity index (χ2n) is 8.38. The smallest absolute Gasteiger partial charge is 0.416 e. The second kappa shape index (κ2) is 10.4. The number of rotatable bonds is 8. The first kappa shape index (κ1) is 26.5. The highest BCUT2D eigenvalue weighted by Gasteiger charge is 2.33. The van der Waals surface area contributed by atoms with Crippen molar-refractivity contribution < 1.29 is 32.2 Å². The molecule has 4 rings (SSSR count). The van der Waals surface area contributed by atoms with Gasteiger partial charge in [0, 0.05) is 49.1 Å². The van der Waals surface area contributed by atoms with E-state index in [1.807, 2.05) is 0 Å². The van der Waals surface area contributed by atoms with Gasteiger partial charge in [0.25, 0.3) is 0 Å². The van der Waals surface area contributed by atoms with Gasteiger partial charge in [-0.15, -0.1) is 0 Å². The van der Waals surface area contributed by atoms with Gasteiger partial charge in [0.15, 0.2) is 5.78 Å². The van der Waals surface area contributed by atoms with E-state index in [1.54, 1.807) is 25.2 Å². The predicted octanol–water partition coefficient (Wildman–Crippen LogP) is 5.13. The van der Waals surface area contributed by atoms with Crippen molar-refractivity contribution in [1.82, 2.24) is 9.97 Å². The number of nitrogens with one attached hydrogen (secondary N) is 1. The van der Waals surface area contributed by atoms with E-state index in [-0.39, 0.29) is 36.2 Å². The van der Waals surface area contributed by atoms with Crippen LogP contribution in [0.5, 0.6) is 11.5 Å². The minimum atomic E-state index is -4.57. The van der Waals surface area contributed by atoms with E-state index in [0.29, 0.717) is 28.6 Å². The fourth-order valence-corrected chi connectivity index (χ4v) is 3.94. The average Bonchev–Trinajstić information content (AvgIpc) is 2.90. The van der Waals surface area contributed by atoms with Gasteiger partial charge < -0.3 is 14.8 Å². The molecule has 0 radical (unpaired) electrons. The summed E-state index contributed by atoms with van der Waals surface area (Å²) in [5, 5.41) is 2.88. The number of fused-ring (bicyclic) bond motifs is 1. The molecule has 0 fully saturated rings. The van der Waals surface area contributed by atoms with Crippen molar-refractivity contribution >= 4 is 35.0 Å². The zero-order valence-corrected chi connectivity index (χ0v) is 20.8. The third kappa shape index (κ3) is 5.38. The Morgan fingerprint density at radius 1 is 1.16 bits per heavy atom. The molecule has 0 bridgehead atoms. The van der Waals surface area contributed by atoms with Gasteiger partial charge in [0.2, 0.25) is 5.95 Å². The van der Waals surface area contributed by atoms with Crippen LogP contribution in [0.4, 0.5) is 41.1 Å². The number of ketones is 1. The predicted molar refractivity (Wildman–Crippen MR) is 135 cm³/mol. The molecule has 2 amide bonds. The van der Waals surface area contributed by atoms with Crippen molar-refractivity contribution in [2.75, 3.05) is 36.4 Å². The van der Waals surface area contributed by atoms with Crippen molar-refractivity contribution in [3.05, 3.63) is 71.9 Å². The number of allylic oxidation sites excluding steroid dienone is 1. The fraction of sp³-hybridized carbons (Fsp3) is 0.231. The lowest BCUT2D eigenvalue weighted by atomic mass is 10.0. The van der Waals surface area contributed by atoms with Crippen LogP contribution in [-0.2, 0) is 23.9 Å². The van der Waals surface area contributed by atoms with Crippen LogP contribution in [0.25, 0.3) is 0 Å². The zero-order chi connectivity index (χ0) is 27.6. The zero-order valence-electron chi connectivity index (χ0n) is 20.8. The Hall–Kier alpha value is -4.61. The molecular weight excluding hydrogens is 503 g/mol. The molecule has 1 N–H and O–H groups in total. The maximum atomic E-state index is 13.2. The average molecular weight is 528 g/mol. The number of alkyl halides is 3. The molecule has 1 aliphatic rings. The molecule has 0 aliphatic carbocycles. The van der Waals surface area contributed by atoms with Gasteiger partial charge in [0.1, 0.15) is 17.3 Å². The lowest BCUT2D eigenvalue weighted by Crippen LogP contribution is -2.46. The molecule has 0 atom stereocenters. The third-order valence-electron chi connectivity index (χ3n) is 5.92. The van der Waals surface area contributed by atoms with Crippen LogP contribution in [0, 0.1) is 0 Å². The lowest BCUT2D eigenvalue weighted by Gasteiger charge is -2.34. The Bertz CT molecular complexity index is 1390. The molecule has 0 saturated heterocycles. The van der Waals surface area contributed by atoms with Crippen molar-refractivity contribution in [3.8, 4) is 11.5 Å². The highest BCUT2D eigenvalue weighted by Crippen LogP contribution is 2.36. The third-order valence-corrected chi connectivity index (χ3v) is 5.92. The maximum absolute atomic E-state index is 13.2. The number of nitrogens with zero attached hydrogens (tertiary/aromatic N) is 4. The number of hydrogen-bond acceptors (Lipinski definition) is 7. The molecule has 3 aromatic rings. The molecule has 0 spiro atoms. The Balaban J connectivity index is 1.65. The number of halogens is 3. The summed E-state index contributed by atoms with van der Waals surface area (Å²) in [7, 11) is 4.57. The largest absolute Gasteiger partial charge is 0.497 e. The molecule has 2 aromatic carbocycles. The number of amides is 2. The van der Waals surface area contributed by atoms with Gasteiger partial charge in [0.05, 0.1) is 32.0 Å². The number of carbonyl (C=O) groups is 2. The quantitative estimate of drug-likeness (QED) is 0.406. The van der Waals surface area contributed by atoms with E-state index in [0.717, 1.165) is 18.2 Å². The standard InChI is InChI=1S/C26H24F3N5O4/c1-5-19(35)9-15-8-17(26(27,28)29)6-7-22(15)31-24-30-13-16-14-34(25(36)33(2)23(16)32-24)18-10-20(37-3)12-21(11-18)38-4/h5-8,10-13H,1,9,14H2,2-4H3,(H,30,31,32). The lowest BCUT2D eigenvalue weighted by molar-refractivity contribution is -0.137. The molecule has 1 aliphatic heterocycles. The van der Waals surface area contributed by atoms with Gasteiger partial charge in [-0.1, -0.05) is 6.58 Å². The van der Waals surface area contributed by atoms with E-state index in [9.17, 15) is 22.8 Å². The van der Waals surface area contributed by atoms with Crippen LogP contribution >= 0.6 is 0 Å². The summed E-state index contributed by atoms with van der Waals surface area (Å²) in [5.74, 6) is 0.955. The molecule has 2 heterocycles. The molecule has 1 aromatic heterocycles. The first-order chi connectivity index (χ1) is 18.0. The van der Waals surface area contributed by atoms with Crippen molar-refractivity contribution in [1.29, 1.82) is 0 Å². The van der Waals surface area contributed by atoms with Gasteiger partial charge in [-0.25, -0.2) is 9.78 Å². The molecule has 198 valence electrons. The fourth-order valence-electron chi connectivity index (χ4n) is 3.94. The van der Waals surface area contributed by atoms with E-state index >= 15 is 0 Å². The van der Waals surface area contributed by atoms with Crippen molar-refractivity contribution in [2.45, 2.75) is 19.1 Å². The number of hydrogen-bond donors (Lipinski definition) is 1. The van der Waals surface area contributed by atoms with Crippen LogP contribution < -0.4 is 24.6 Å². The number of ether oxygens (including phenoxy) is 2. The van der Waals surface area contributed by atoms with Crippen LogP contribution in [-0.4, -0.2) is 43.0 Å².